The summed E-state index contributed by atoms with van der Waals surface area (Å²) in [6.07, 6.45) is 8.79. The standard InChI is InChI=1S/C15H29N/c1-4-11(2)7-12(3)16-10-15-9-13-5-6-14(15)8-13/h11-16H,4-10H2,1-3H3. The van der Waals surface area contributed by atoms with Crippen LogP contribution >= 0.6 is 0 Å². The monoisotopic (exact) mass is 223 g/mol. The summed E-state index contributed by atoms with van der Waals surface area (Å²) in [6, 6.07) is 0.717. The molecule has 0 aromatic heterocycles. The van der Waals surface area contributed by atoms with E-state index in [1.165, 1.54) is 38.6 Å². The molecule has 1 N–H and O–H groups in total. The SMILES string of the molecule is CCC(C)CC(C)NCC1CC2CCC1C2. The molecule has 0 aliphatic heterocycles. The van der Waals surface area contributed by atoms with Gasteiger partial charge in [-0.25, -0.2) is 0 Å². The van der Waals surface area contributed by atoms with Gasteiger partial charge in [-0.1, -0.05) is 26.7 Å². The summed E-state index contributed by atoms with van der Waals surface area (Å²) in [4.78, 5) is 0. The second-order valence-corrected chi connectivity index (χ2v) is 6.49. The Morgan fingerprint density at radius 3 is 2.56 bits per heavy atom. The van der Waals surface area contributed by atoms with Crippen LogP contribution in [0.15, 0.2) is 0 Å². The van der Waals surface area contributed by atoms with Gasteiger partial charge < -0.3 is 5.32 Å². The zero-order valence-corrected chi connectivity index (χ0v) is 11.3. The van der Waals surface area contributed by atoms with Gasteiger partial charge in [-0.3, -0.25) is 0 Å². The highest BCUT2D eigenvalue weighted by molar-refractivity contribution is 4.91. The molecule has 94 valence electrons. The van der Waals surface area contributed by atoms with Gasteiger partial charge in [0, 0.05) is 6.04 Å². The van der Waals surface area contributed by atoms with Gasteiger partial charge in [0.15, 0.2) is 0 Å². The molecule has 0 aromatic rings. The average Bonchev–Trinajstić information content (AvgIpc) is 2.87. The molecule has 2 fully saturated rings. The summed E-state index contributed by atoms with van der Waals surface area (Å²) in [5.41, 5.74) is 0. The second kappa shape index (κ2) is 5.53. The molecule has 0 amide bonds. The third kappa shape index (κ3) is 3.00. The Hall–Kier alpha value is -0.0400. The van der Waals surface area contributed by atoms with Crippen molar-refractivity contribution in [2.75, 3.05) is 6.54 Å². The van der Waals surface area contributed by atoms with Crippen molar-refractivity contribution in [3.63, 3.8) is 0 Å². The Kier molecular flexibility index (Phi) is 4.29. The van der Waals surface area contributed by atoms with Crippen LogP contribution < -0.4 is 5.32 Å². The topological polar surface area (TPSA) is 12.0 Å². The Balaban J connectivity index is 1.64. The molecule has 0 aromatic carbocycles. The predicted octanol–water partition coefficient (Wildman–Crippen LogP) is 3.84. The molecule has 1 nitrogen and oxygen atoms in total. The molecule has 5 unspecified atom stereocenters. The average molecular weight is 223 g/mol. The molecular weight excluding hydrogens is 194 g/mol. The molecule has 2 aliphatic carbocycles. The van der Waals surface area contributed by atoms with Gasteiger partial charge >= 0.3 is 0 Å². The van der Waals surface area contributed by atoms with Crippen molar-refractivity contribution in [2.24, 2.45) is 23.7 Å². The van der Waals surface area contributed by atoms with Crippen molar-refractivity contribution in [1.29, 1.82) is 0 Å². The van der Waals surface area contributed by atoms with Gasteiger partial charge in [0.1, 0.15) is 0 Å². The van der Waals surface area contributed by atoms with Crippen LogP contribution in [0.2, 0.25) is 0 Å². The first-order valence-corrected chi connectivity index (χ1v) is 7.42. The van der Waals surface area contributed by atoms with E-state index in [2.05, 4.69) is 26.1 Å². The number of hydrogen-bond donors (Lipinski definition) is 1. The normalized spacial score (nSPS) is 36.6. The van der Waals surface area contributed by atoms with Crippen LogP contribution in [0.3, 0.4) is 0 Å². The molecule has 0 heterocycles. The molecule has 0 saturated heterocycles. The van der Waals surface area contributed by atoms with Gasteiger partial charge in [-0.2, -0.15) is 0 Å². The maximum atomic E-state index is 3.77. The molecule has 5 atom stereocenters. The summed E-state index contributed by atoms with van der Waals surface area (Å²) in [7, 11) is 0. The van der Waals surface area contributed by atoms with Crippen LogP contribution in [-0.2, 0) is 0 Å². The molecule has 2 bridgehead atoms. The Morgan fingerprint density at radius 2 is 2.00 bits per heavy atom. The van der Waals surface area contributed by atoms with Gasteiger partial charge in [0.05, 0.1) is 0 Å². The first-order valence-electron chi connectivity index (χ1n) is 7.42. The van der Waals surface area contributed by atoms with Gasteiger partial charge in [0.2, 0.25) is 0 Å². The van der Waals surface area contributed by atoms with E-state index in [0.29, 0.717) is 6.04 Å². The summed E-state index contributed by atoms with van der Waals surface area (Å²) >= 11 is 0. The lowest BCUT2D eigenvalue weighted by Gasteiger charge is -2.25. The van der Waals surface area contributed by atoms with E-state index in [1.54, 1.807) is 6.42 Å². The fourth-order valence-electron chi connectivity index (χ4n) is 3.83. The Bertz CT molecular complexity index is 213. The lowest BCUT2D eigenvalue weighted by Crippen LogP contribution is -2.34. The summed E-state index contributed by atoms with van der Waals surface area (Å²) < 4.78 is 0. The van der Waals surface area contributed by atoms with E-state index in [1.807, 2.05) is 0 Å². The first kappa shape index (κ1) is 12.4. The fourth-order valence-corrected chi connectivity index (χ4v) is 3.83. The molecule has 2 saturated carbocycles. The second-order valence-electron chi connectivity index (χ2n) is 6.49. The fraction of sp³-hybridized carbons (Fsp3) is 1.00. The minimum atomic E-state index is 0.717. The maximum Gasteiger partial charge on any atom is 0.00413 e. The van der Waals surface area contributed by atoms with Crippen molar-refractivity contribution in [2.45, 2.75) is 65.3 Å². The quantitative estimate of drug-likeness (QED) is 0.721. The predicted molar refractivity (Wildman–Crippen MR) is 70.5 cm³/mol. The third-order valence-corrected chi connectivity index (χ3v) is 5.07. The summed E-state index contributed by atoms with van der Waals surface area (Å²) in [5, 5.41) is 3.77. The van der Waals surface area contributed by atoms with Gasteiger partial charge in [-0.15, -0.1) is 0 Å². The van der Waals surface area contributed by atoms with E-state index in [-0.39, 0.29) is 0 Å². The lowest BCUT2D eigenvalue weighted by molar-refractivity contribution is 0.297. The number of fused-ring (bicyclic) bond motifs is 2. The minimum Gasteiger partial charge on any atom is -0.314 e. The van der Waals surface area contributed by atoms with E-state index < -0.39 is 0 Å². The van der Waals surface area contributed by atoms with Crippen LogP contribution in [-0.4, -0.2) is 12.6 Å². The van der Waals surface area contributed by atoms with Gasteiger partial charge in [-0.05, 0) is 62.8 Å². The van der Waals surface area contributed by atoms with Crippen LogP contribution in [0.25, 0.3) is 0 Å². The van der Waals surface area contributed by atoms with Crippen molar-refractivity contribution >= 4 is 0 Å². The van der Waals surface area contributed by atoms with Crippen LogP contribution in [0, 0.1) is 23.7 Å². The molecular formula is C15H29N. The van der Waals surface area contributed by atoms with Crippen LogP contribution in [0.1, 0.15) is 59.3 Å². The molecule has 1 heteroatoms. The van der Waals surface area contributed by atoms with Crippen LogP contribution in [0.5, 0.6) is 0 Å². The maximum absolute atomic E-state index is 3.77. The lowest BCUT2D eigenvalue weighted by atomic mass is 9.88. The third-order valence-electron chi connectivity index (χ3n) is 5.07. The molecule has 2 rings (SSSR count). The molecule has 0 radical (unpaired) electrons. The summed E-state index contributed by atoms with van der Waals surface area (Å²) in [5.74, 6) is 4.07. The van der Waals surface area contributed by atoms with Gasteiger partial charge in [0.25, 0.3) is 0 Å². The van der Waals surface area contributed by atoms with E-state index >= 15 is 0 Å². The Morgan fingerprint density at radius 1 is 1.19 bits per heavy atom. The highest BCUT2D eigenvalue weighted by atomic mass is 14.9. The number of nitrogens with one attached hydrogen (secondary N) is 1. The van der Waals surface area contributed by atoms with E-state index in [9.17, 15) is 0 Å². The zero-order valence-electron chi connectivity index (χ0n) is 11.3. The smallest absolute Gasteiger partial charge is 0.00413 e. The minimum absolute atomic E-state index is 0.717. The Labute approximate surface area is 101 Å². The van der Waals surface area contributed by atoms with Crippen LogP contribution in [0.4, 0.5) is 0 Å². The molecule has 16 heavy (non-hydrogen) atoms. The van der Waals surface area contributed by atoms with Crippen molar-refractivity contribution in [3.8, 4) is 0 Å². The highest BCUT2D eigenvalue weighted by Crippen LogP contribution is 2.47. The zero-order chi connectivity index (χ0) is 11.5. The molecule has 2 aliphatic rings. The number of hydrogen-bond acceptors (Lipinski definition) is 1. The summed E-state index contributed by atoms with van der Waals surface area (Å²) in [6.45, 7) is 8.32. The largest absolute Gasteiger partial charge is 0.314 e. The van der Waals surface area contributed by atoms with Crippen molar-refractivity contribution in [3.05, 3.63) is 0 Å². The molecule has 0 spiro atoms. The number of rotatable bonds is 6. The highest BCUT2D eigenvalue weighted by Gasteiger charge is 2.39. The van der Waals surface area contributed by atoms with Crippen molar-refractivity contribution in [1.82, 2.24) is 5.32 Å². The van der Waals surface area contributed by atoms with Crippen molar-refractivity contribution < 1.29 is 0 Å². The van der Waals surface area contributed by atoms with E-state index in [4.69, 9.17) is 0 Å². The first-order chi connectivity index (χ1) is 7.69. The van der Waals surface area contributed by atoms with E-state index in [0.717, 1.165) is 23.7 Å².